The first-order valence-electron chi connectivity index (χ1n) is 8.75. The highest BCUT2D eigenvalue weighted by Crippen LogP contribution is 2.33. The number of hydrogen-bond acceptors (Lipinski definition) is 5. The number of para-hydroxylation sites is 1. The number of nitrogens with zero attached hydrogens (tertiary/aromatic N) is 2. The third-order valence-electron chi connectivity index (χ3n) is 4.14. The predicted octanol–water partition coefficient (Wildman–Crippen LogP) is 2.32. The molecule has 1 N–H and O–H groups in total. The van der Waals surface area contributed by atoms with Crippen molar-refractivity contribution in [1.29, 1.82) is 0 Å². The molecule has 2 aromatic carbocycles. The van der Waals surface area contributed by atoms with Crippen LogP contribution in [0.5, 0.6) is 11.5 Å². The van der Waals surface area contributed by atoms with Crippen LogP contribution in [-0.4, -0.2) is 29.6 Å². The van der Waals surface area contributed by atoms with E-state index in [2.05, 4.69) is 22.6 Å². The Kier molecular flexibility index (Phi) is 5.95. The van der Waals surface area contributed by atoms with Gasteiger partial charge in [-0.25, -0.2) is 4.79 Å². The minimum absolute atomic E-state index is 0.0931. The maximum atomic E-state index is 12.6. The fourth-order valence-electron chi connectivity index (χ4n) is 2.88. The van der Waals surface area contributed by atoms with Crippen molar-refractivity contribution in [3.8, 4) is 23.8 Å². The Morgan fingerprint density at radius 2 is 2.10 bits per heavy atom. The monoisotopic (exact) mass is 389 g/mol. The van der Waals surface area contributed by atoms with E-state index in [1.807, 2.05) is 0 Å². The molecule has 0 bridgehead atoms. The third-order valence-corrected chi connectivity index (χ3v) is 4.14. The molecule has 3 aromatic rings. The van der Waals surface area contributed by atoms with E-state index in [0.29, 0.717) is 34.4 Å². The normalized spacial score (nSPS) is 10.8. The summed E-state index contributed by atoms with van der Waals surface area (Å²) in [5.41, 5.74) is 0.728. The first-order valence-corrected chi connectivity index (χ1v) is 8.75. The summed E-state index contributed by atoms with van der Waals surface area (Å²) in [5.74, 6) is 3.39. The number of nitrogens with one attached hydrogen (secondary N) is 1. The van der Waals surface area contributed by atoms with Gasteiger partial charge in [0.05, 0.1) is 24.2 Å². The van der Waals surface area contributed by atoms with Crippen LogP contribution < -0.4 is 20.7 Å². The molecular formula is C22H19N3O4. The number of fused-ring (bicyclic) bond motifs is 1. The first kappa shape index (κ1) is 19.7. The molecule has 0 aliphatic carbocycles. The number of aromatic amines is 1. The van der Waals surface area contributed by atoms with Crippen LogP contribution >= 0.6 is 0 Å². The van der Waals surface area contributed by atoms with E-state index >= 15 is 0 Å². The molecule has 0 atom stereocenters. The highest BCUT2D eigenvalue weighted by atomic mass is 16.5. The molecule has 0 aliphatic rings. The van der Waals surface area contributed by atoms with Gasteiger partial charge in [0.25, 0.3) is 5.56 Å². The van der Waals surface area contributed by atoms with Gasteiger partial charge in [-0.2, -0.15) is 5.10 Å². The van der Waals surface area contributed by atoms with Crippen molar-refractivity contribution in [2.75, 3.05) is 13.7 Å². The van der Waals surface area contributed by atoms with E-state index in [9.17, 15) is 9.59 Å². The molecular weight excluding hydrogens is 370 g/mol. The number of methoxy groups -OCH3 is 1. The smallest absolute Gasteiger partial charge is 0.349 e. The minimum Gasteiger partial charge on any atom is -0.493 e. The van der Waals surface area contributed by atoms with Crippen LogP contribution in [0.4, 0.5) is 0 Å². The van der Waals surface area contributed by atoms with Crippen molar-refractivity contribution >= 4 is 17.1 Å². The van der Waals surface area contributed by atoms with Crippen molar-refractivity contribution in [3.05, 3.63) is 81.0 Å². The molecule has 0 unspecified atom stereocenters. The minimum atomic E-state index is -0.628. The third kappa shape index (κ3) is 4.12. The van der Waals surface area contributed by atoms with Gasteiger partial charge in [-0.3, -0.25) is 4.79 Å². The SMILES string of the molecule is C#CCOc1c(CC=C)cc(/C=N\n2c(=O)[nH]c3ccccc3c2=O)cc1OC. The second-order valence-electron chi connectivity index (χ2n) is 6.03. The fraction of sp³-hybridized carbons (Fsp3) is 0.136. The molecule has 0 fully saturated rings. The maximum absolute atomic E-state index is 12.6. The number of H-pyrrole nitrogens is 1. The molecule has 0 saturated heterocycles. The zero-order valence-corrected chi connectivity index (χ0v) is 15.8. The van der Waals surface area contributed by atoms with Gasteiger partial charge < -0.3 is 14.5 Å². The summed E-state index contributed by atoms with van der Waals surface area (Å²) in [6, 6.07) is 10.2. The van der Waals surface area contributed by atoms with E-state index in [0.717, 1.165) is 10.2 Å². The number of rotatable bonds is 7. The van der Waals surface area contributed by atoms with Gasteiger partial charge in [0.2, 0.25) is 0 Å². The van der Waals surface area contributed by atoms with Crippen molar-refractivity contribution < 1.29 is 9.47 Å². The van der Waals surface area contributed by atoms with E-state index in [1.165, 1.54) is 13.3 Å². The summed E-state index contributed by atoms with van der Waals surface area (Å²) in [7, 11) is 1.51. The van der Waals surface area contributed by atoms with E-state index in [4.69, 9.17) is 15.9 Å². The van der Waals surface area contributed by atoms with Crippen LogP contribution in [0.3, 0.4) is 0 Å². The van der Waals surface area contributed by atoms with Crippen LogP contribution in [-0.2, 0) is 6.42 Å². The summed E-state index contributed by atoms with van der Waals surface area (Å²) in [6.07, 6.45) is 8.92. The number of hydrogen-bond donors (Lipinski definition) is 1. The van der Waals surface area contributed by atoms with Crippen LogP contribution in [0.1, 0.15) is 11.1 Å². The summed E-state index contributed by atoms with van der Waals surface area (Å²) >= 11 is 0. The van der Waals surface area contributed by atoms with Gasteiger partial charge >= 0.3 is 5.69 Å². The second kappa shape index (κ2) is 8.76. The average Bonchev–Trinajstić information content (AvgIpc) is 2.72. The molecule has 1 aromatic heterocycles. The van der Waals surface area contributed by atoms with Gasteiger partial charge in [0, 0.05) is 5.56 Å². The highest BCUT2D eigenvalue weighted by Gasteiger charge is 2.12. The van der Waals surface area contributed by atoms with Gasteiger partial charge in [-0.05, 0) is 36.2 Å². The fourth-order valence-corrected chi connectivity index (χ4v) is 2.88. The molecule has 0 amide bonds. The molecule has 0 aliphatic heterocycles. The van der Waals surface area contributed by atoms with Gasteiger partial charge in [0.15, 0.2) is 11.5 Å². The Labute approximate surface area is 166 Å². The Morgan fingerprint density at radius 3 is 2.83 bits per heavy atom. The van der Waals surface area contributed by atoms with Gasteiger partial charge in [0.1, 0.15) is 6.61 Å². The quantitative estimate of drug-likeness (QED) is 0.382. The lowest BCUT2D eigenvalue weighted by molar-refractivity contribution is 0.328. The summed E-state index contributed by atoms with van der Waals surface area (Å²) in [5, 5.41) is 4.44. The van der Waals surface area contributed by atoms with Crippen molar-refractivity contribution in [3.63, 3.8) is 0 Å². The predicted molar refractivity (Wildman–Crippen MR) is 113 cm³/mol. The highest BCUT2D eigenvalue weighted by molar-refractivity contribution is 5.82. The Bertz CT molecular complexity index is 1250. The summed E-state index contributed by atoms with van der Waals surface area (Å²) in [6.45, 7) is 3.84. The van der Waals surface area contributed by atoms with Gasteiger partial charge in [-0.1, -0.05) is 24.1 Å². The first-order chi connectivity index (χ1) is 14.1. The zero-order valence-electron chi connectivity index (χ0n) is 15.8. The molecule has 7 heteroatoms. The van der Waals surface area contributed by atoms with E-state index in [-0.39, 0.29) is 6.61 Å². The topological polar surface area (TPSA) is 85.7 Å². The molecule has 3 rings (SSSR count). The lowest BCUT2D eigenvalue weighted by Crippen LogP contribution is -2.32. The van der Waals surface area contributed by atoms with E-state index < -0.39 is 11.2 Å². The van der Waals surface area contributed by atoms with Crippen molar-refractivity contribution in [2.24, 2.45) is 5.10 Å². The Balaban J connectivity index is 2.07. The largest absolute Gasteiger partial charge is 0.493 e. The maximum Gasteiger partial charge on any atom is 0.349 e. The molecule has 146 valence electrons. The molecule has 0 spiro atoms. The van der Waals surface area contributed by atoms with Gasteiger partial charge in [-0.15, -0.1) is 17.7 Å². The number of terminal acetylenes is 1. The van der Waals surface area contributed by atoms with Crippen molar-refractivity contribution in [2.45, 2.75) is 6.42 Å². The van der Waals surface area contributed by atoms with Crippen LogP contribution in [0.15, 0.2) is 63.7 Å². The summed E-state index contributed by atoms with van der Waals surface area (Å²) < 4.78 is 11.8. The lowest BCUT2D eigenvalue weighted by atomic mass is 10.1. The molecule has 1 heterocycles. The number of ether oxygens (including phenoxy) is 2. The Morgan fingerprint density at radius 1 is 1.31 bits per heavy atom. The van der Waals surface area contributed by atoms with Crippen LogP contribution in [0, 0.1) is 12.3 Å². The standard InChI is InChI=1S/C22H19N3O4/c1-4-8-16-12-15(13-19(28-3)20(16)29-11-5-2)14-23-25-21(26)17-9-6-7-10-18(17)24-22(25)27/h2,4,6-7,9-10,12-14H,1,8,11H2,3H3,(H,24,27)/b23-14-. The molecule has 7 nitrogen and oxygen atoms in total. The summed E-state index contributed by atoms with van der Waals surface area (Å²) in [4.78, 5) is 27.5. The molecule has 0 radical (unpaired) electrons. The number of allylic oxidation sites excluding steroid dienone is 1. The molecule has 29 heavy (non-hydrogen) atoms. The zero-order chi connectivity index (χ0) is 20.8. The number of aromatic nitrogens is 2. The van der Waals surface area contributed by atoms with E-state index in [1.54, 1.807) is 42.5 Å². The average molecular weight is 389 g/mol. The van der Waals surface area contributed by atoms with Crippen LogP contribution in [0.25, 0.3) is 10.9 Å². The second-order valence-corrected chi connectivity index (χ2v) is 6.03. The lowest BCUT2D eigenvalue weighted by Gasteiger charge is -2.14. The Hall–Kier alpha value is -4.05. The number of benzene rings is 2. The van der Waals surface area contributed by atoms with Crippen LogP contribution in [0.2, 0.25) is 0 Å². The molecule has 0 saturated carbocycles. The van der Waals surface area contributed by atoms with Crippen molar-refractivity contribution in [1.82, 2.24) is 9.66 Å².